The zero-order valence-corrected chi connectivity index (χ0v) is 20.6. The molecule has 0 radical (unpaired) electrons. The molecular formula is C26H31ClN4O2. The fraction of sp³-hybridized carbons (Fsp3) is 0.308. The van der Waals surface area contributed by atoms with Crippen LogP contribution in [0.15, 0.2) is 54.6 Å². The highest BCUT2D eigenvalue weighted by atomic mass is 35.5. The molecule has 1 atom stereocenters. The SMILES string of the molecule is COc1cccc(C(CNC(=O)/C=C/c2c(C)nn(Cc3ccccc3Cl)c2C)N(C)C)c1. The van der Waals surface area contributed by atoms with Gasteiger partial charge < -0.3 is 15.0 Å². The van der Waals surface area contributed by atoms with Crippen LogP contribution in [0, 0.1) is 13.8 Å². The van der Waals surface area contributed by atoms with Crippen molar-refractivity contribution < 1.29 is 9.53 Å². The predicted octanol–water partition coefficient (Wildman–Crippen LogP) is 4.64. The van der Waals surface area contributed by atoms with Crippen LogP contribution in [0.3, 0.4) is 0 Å². The topological polar surface area (TPSA) is 59.4 Å². The number of benzene rings is 2. The molecule has 0 spiro atoms. The quantitative estimate of drug-likeness (QED) is 0.466. The fourth-order valence-electron chi connectivity index (χ4n) is 3.76. The Kier molecular flexibility index (Phi) is 8.31. The second-order valence-corrected chi connectivity index (χ2v) is 8.58. The van der Waals surface area contributed by atoms with E-state index in [-0.39, 0.29) is 11.9 Å². The van der Waals surface area contributed by atoms with E-state index in [1.54, 1.807) is 13.2 Å². The Morgan fingerprint density at radius 1 is 1.21 bits per heavy atom. The van der Waals surface area contributed by atoms with E-state index in [1.165, 1.54) is 0 Å². The molecular weight excluding hydrogens is 436 g/mol. The first-order valence-corrected chi connectivity index (χ1v) is 11.2. The lowest BCUT2D eigenvalue weighted by Gasteiger charge is -2.25. The van der Waals surface area contributed by atoms with Gasteiger partial charge in [0, 0.05) is 28.9 Å². The van der Waals surface area contributed by atoms with Crippen molar-refractivity contribution in [1.29, 1.82) is 0 Å². The van der Waals surface area contributed by atoms with Crippen LogP contribution in [0.2, 0.25) is 5.02 Å². The van der Waals surface area contributed by atoms with E-state index in [0.717, 1.165) is 33.8 Å². The summed E-state index contributed by atoms with van der Waals surface area (Å²) in [7, 11) is 5.63. The summed E-state index contributed by atoms with van der Waals surface area (Å²) in [5.41, 5.74) is 4.88. The molecule has 0 bridgehead atoms. The van der Waals surface area contributed by atoms with Gasteiger partial charge in [-0.1, -0.05) is 41.9 Å². The van der Waals surface area contributed by atoms with E-state index in [4.69, 9.17) is 16.3 Å². The predicted molar refractivity (Wildman–Crippen MR) is 134 cm³/mol. The van der Waals surface area contributed by atoms with Crippen LogP contribution in [-0.4, -0.2) is 48.3 Å². The summed E-state index contributed by atoms with van der Waals surface area (Å²) in [6.07, 6.45) is 3.39. The van der Waals surface area contributed by atoms with Crippen molar-refractivity contribution >= 4 is 23.6 Å². The first-order chi connectivity index (χ1) is 15.8. The van der Waals surface area contributed by atoms with Gasteiger partial charge in [-0.2, -0.15) is 5.10 Å². The lowest BCUT2D eigenvalue weighted by molar-refractivity contribution is -0.116. The monoisotopic (exact) mass is 466 g/mol. The molecule has 0 aliphatic heterocycles. The molecule has 1 heterocycles. The molecule has 0 aliphatic rings. The van der Waals surface area contributed by atoms with Crippen LogP contribution in [0.4, 0.5) is 0 Å². The lowest BCUT2D eigenvalue weighted by Crippen LogP contribution is -2.33. The molecule has 0 fully saturated rings. The smallest absolute Gasteiger partial charge is 0.244 e. The third kappa shape index (κ3) is 6.24. The first kappa shape index (κ1) is 24.6. The third-order valence-corrected chi connectivity index (χ3v) is 6.06. The Bertz CT molecular complexity index is 1140. The zero-order chi connectivity index (χ0) is 24.0. The molecule has 3 rings (SSSR count). The molecule has 174 valence electrons. The van der Waals surface area contributed by atoms with E-state index in [0.29, 0.717) is 18.1 Å². The fourth-order valence-corrected chi connectivity index (χ4v) is 3.95. The lowest BCUT2D eigenvalue weighted by atomic mass is 10.1. The number of nitrogens with one attached hydrogen (secondary N) is 1. The number of carbonyl (C=O) groups excluding carboxylic acids is 1. The zero-order valence-electron chi connectivity index (χ0n) is 19.8. The number of halogens is 1. The minimum absolute atomic E-state index is 0.0271. The van der Waals surface area contributed by atoms with Gasteiger partial charge in [0.05, 0.1) is 25.4 Å². The maximum Gasteiger partial charge on any atom is 0.244 e. The van der Waals surface area contributed by atoms with Crippen LogP contribution >= 0.6 is 11.6 Å². The molecule has 7 heteroatoms. The molecule has 2 aromatic carbocycles. The highest BCUT2D eigenvalue weighted by molar-refractivity contribution is 6.31. The van der Waals surface area contributed by atoms with Gasteiger partial charge in [-0.05, 0) is 63.3 Å². The second kappa shape index (κ2) is 11.2. The number of aryl methyl sites for hydroxylation is 1. The average Bonchev–Trinajstić information content (AvgIpc) is 3.06. The van der Waals surface area contributed by atoms with Crippen molar-refractivity contribution in [3.8, 4) is 5.75 Å². The highest BCUT2D eigenvalue weighted by Gasteiger charge is 2.16. The highest BCUT2D eigenvalue weighted by Crippen LogP contribution is 2.23. The summed E-state index contributed by atoms with van der Waals surface area (Å²) >= 11 is 6.30. The Labute approximate surface area is 200 Å². The Morgan fingerprint density at radius 2 is 1.97 bits per heavy atom. The number of hydrogen-bond acceptors (Lipinski definition) is 4. The second-order valence-electron chi connectivity index (χ2n) is 8.17. The van der Waals surface area contributed by atoms with Gasteiger partial charge in [0.1, 0.15) is 5.75 Å². The number of rotatable bonds is 9. The number of ether oxygens (including phenoxy) is 1. The molecule has 0 saturated heterocycles. The summed E-state index contributed by atoms with van der Waals surface area (Å²) in [6, 6.07) is 15.7. The first-order valence-electron chi connectivity index (χ1n) is 10.8. The molecule has 0 aliphatic carbocycles. The summed E-state index contributed by atoms with van der Waals surface area (Å²) in [4.78, 5) is 14.7. The third-order valence-electron chi connectivity index (χ3n) is 5.69. The molecule has 33 heavy (non-hydrogen) atoms. The van der Waals surface area contributed by atoms with E-state index < -0.39 is 0 Å². The van der Waals surface area contributed by atoms with Crippen LogP contribution in [0.1, 0.15) is 34.1 Å². The maximum absolute atomic E-state index is 12.6. The van der Waals surface area contributed by atoms with Crippen LogP contribution in [0.5, 0.6) is 5.75 Å². The summed E-state index contributed by atoms with van der Waals surface area (Å²) in [5.74, 6) is 0.646. The van der Waals surface area contributed by atoms with Crippen LogP contribution in [0.25, 0.3) is 6.08 Å². The average molecular weight is 467 g/mol. The van der Waals surface area contributed by atoms with Gasteiger partial charge in [-0.3, -0.25) is 9.48 Å². The number of hydrogen-bond donors (Lipinski definition) is 1. The number of amides is 1. The van der Waals surface area contributed by atoms with Crippen molar-refractivity contribution in [3.05, 3.63) is 87.7 Å². The Hall–Kier alpha value is -3.09. The van der Waals surface area contributed by atoms with Gasteiger partial charge in [0.2, 0.25) is 5.91 Å². The largest absolute Gasteiger partial charge is 0.497 e. The van der Waals surface area contributed by atoms with Crippen LogP contribution < -0.4 is 10.1 Å². The van der Waals surface area contributed by atoms with E-state index in [1.807, 2.05) is 87.2 Å². The minimum Gasteiger partial charge on any atom is -0.497 e. The molecule has 1 amide bonds. The molecule has 6 nitrogen and oxygen atoms in total. The van der Waals surface area contributed by atoms with Crippen LogP contribution in [-0.2, 0) is 11.3 Å². The van der Waals surface area contributed by atoms with Gasteiger partial charge in [-0.25, -0.2) is 0 Å². The summed E-state index contributed by atoms with van der Waals surface area (Å²) in [5, 5.41) is 8.36. The van der Waals surface area contributed by atoms with Crippen molar-refractivity contribution in [2.75, 3.05) is 27.7 Å². The van der Waals surface area contributed by atoms with Crippen molar-refractivity contribution in [2.24, 2.45) is 0 Å². The molecule has 1 unspecified atom stereocenters. The Balaban J connectivity index is 1.67. The van der Waals surface area contributed by atoms with Gasteiger partial charge in [-0.15, -0.1) is 0 Å². The van der Waals surface area contributed by atoms with Gasteiger partial charge in [0.25, 0.3) is 0 Å². The molecule has 0 saturated carbocycles. The maximum atomic E-state index is 12.6. The number of methoxy groups -OCH3 is 1. The minimum atomic E-state index is -0.151. The molecule has 1 aromatic heterocycles. The van der Waals surface area contributed by atoms with Crippen molar-refractivity contribution in [1.82, 2.24) is 20.0 Å². The van der Waals surface area contributed by atoms with E-state index in [2.05, 4.69) is 15.3 Å². The normalized spacial score (nSPS) is 12.3. The standard InChI is InChI=1S/C26H31ClN4O2/c1-18-23(19(2)31(29-18)17-21-9-6-7-12-24(21)27)13-14-26(32)28-16-25(30(3)4)20-10-8-11-22(15-20)33-5/h6-15,25H,16-17H2,1-5H3,(H,28,32)/b14-13+. The van der Waals surface area contributed by atoms with Crippen molar-refractivity contribution in [3.63, 3.8) is 0 Å². The number of nitrogens with zero attached hydrogens (tertiary/aromatic N) is 3. The summed E-state index contributed by atoms with van der Waals surface area (Å²) in [6.45, 7) is 5.00. The summed E-state index contributed by atoms with van der Waals surface area (Å²) < 4.78 is 7.25. The molecule has 1 N–H and O–H groups in total. The van der Waals surface area contributed by atoms with E-state index >= 15 is 0 Å². The Morgan fingerprint density at radius 3 is 2.67 bits per heavy atom. The van der Waals surface area contributed by atoms with E-state index in [9.17, 15) is 4.79 Å². The van der Waals surface area contributed by atoms with Crippen molar-refractivity contribution in [2.45, 2.75) is 26.4 Å². The number of carbonyl (C=O) groups is 1. The van der Waals surface area contributed by atoms with Gasteiger partial charge in [0.15, 0.2) is 0 Å². The molecule has 3 aromatic rings. The number of likely N-dealkylation sites (N-methyl/N-ethyl adjacent to an activating group) is 1. The number of aromatic nitrogens is 2. The van der Waals surface area contributed by atoms with Gasteiger partial charge >= 0.3 is 0 Å².